The standard InChI is InChI=1S/C18H27N3O3/c1-9-10(2)14(9)18(24)21-13-6-8-20(15(13)11(3)16(21)22)17(23)12-5-4-7-19-12/h9-15,19H,4-8H2,1-3H3/t9-,10+,11-,12-,13-,14?,15+/m0/s1. The van der Waals surface area contributed by atoms with Gasteiger partial charge < -0.3 is 10.2 Å². The molecule has 1 unspecified atom stereocenters. The minimum atomic E-state index is -0.281. The van der Waals surface area contributed by atoms with Gasteiger partial charge in [0.05, 0.1) is 24.0 Å². The van der Waals surface area contributed by atoms with Gasteiger partial charge in [0.15, 0.2) is 0 Å². The van der Waals surface area contributed by atoms with Crippen molar-refractivity contribution in [2.75, 3.05) is 13.1 Å². The number of rotatable bonds is 2. The molecule has 0 aromatic rings. The summed E-state index contributed by atoms with van der Waals surface area (Å²) in [7, 11) is 0. The van der Waals surface area contributed by atoms with Gasteiger partial charge in [-0.2, -0.15) is 0 Å². The molecule has 7 atom stereocenters. The molecule has 0 radical (unpaired) electrons. The maximum absolute atomic E-state index is 12.8. The highest BCUT2D eigenvalue weighted by Crippen LogP contribution is 2.48. The van der Waals surface area contributed by atoms with Gasteiger partial charge in [-0.15, -0.1) is 0 Å². The van der Waals surface area contributed by atoms with Crippen LogP contribution in [0.3, 0.4) is 0 Å². The summed E-state index contributed by atoms with van der Waals surface area (Å²) in [6.07, 6.45) is 2.62. The van der Waals surface area contributed by atoms with Crippen molar-refractivity contribution < 1.29 is 14.4 Å². The fraction of sp³-hybridized carbons (Fsp3) is 0.833. The van der Waals surface area contributed by atoms with E-state index < -0.39 is 0 Å². The molecular formula is C18H27N3O3. The lowest BCUT2D eigenvalue weighted by atomic mass is 10.0. The van der Waals surface area contributed by atoms with E-state index in [1.165, 1.54) is 4.90 Å². The second-order valence-electron chi connectivity index (χ2n) is 8.11. The number of nitrogens with zero attached hydrogens (tertiary/aromatic N) is 2. The Balaban J connectivity index is 1.54. The van der Waals surface area contributed by atoms with E-state index in [9.17, 15) is 14.4 Å². The van der Waals surface area contributed by atoms with Crippen LogP contribution < -0.4 is 5.32 Å². The van der Waals surface area contributed by atoms with Crippen molar-refractivity contribution in [1.82, 2.24) is 15.1 Å². The molecule has 1 aliphatic carbocycles. The molecule has 4 rings (SSSR count). The van der Waals surface area contributed by atoms with Crippen LogP contribution in [0.5, 0.6) is 0 Å². The van der Waals surface area contributed by atoms with E-state index in [1.54, 1.807) is 0 Å². The molecule has 0 aromatic carbocycles. The van der Waals surface area contributed by atoms with Gasteiger partial charge >= 0.3 is 0 Å². The van der Waals surface area contributed by atoms with Gasteiger partial charge in [-0.3, -0.25) is 19.3 Å². The molecule has 0 bridgehead atoms. The molecule has 4 aliphatic rings. The molecule has 3 aliphatic heterocycles. The Kier molecular flexibility index (Phi) is 3.71. The molecular weight excluding hydrogens is 306 g/mol. The van der Waals surface area contributed by atoms with E-state index >= 15 is 0 Å². The van der Waals surface area contributed by atoms with Crippen LogP contribution in [0.25, 0.3) is 0 Å². The number of hydrogen-bond donors (Lipinski definition) is 1. The topological polar surface area (TPSA) is 69.7 Å². The SMILES string of the molecule is C[C@@H]1C(=O)N(C(=O)C2[C@@H](C)[C@H]2C)[C@H]2CCN(C(=O)[C@@H]3CCCN3)[C@H]12. The summed E-state index contributed by atoms with van der Waals surface area (Å²) >= 11 is 0. The summed E-state index contributed by atoms with van der Waals surface area (Å²) in [5.41, 5.74) is 0. The number of amides is 3. The fourth-order valence-corrected chi connectivity index (χ4v) is 5.11. The van der Waals surface area contributed by atoms with Gasteiger partial charge in [-0.05, 0) is 37.6 Å². The van der Waals surface area contributed by atoms with E-state index in [0.717, 1.165) is 25.8 Å². The van der Waals surface area contributed by atoms with Crippen LogP contribution in [0, 0.1) is 23.7 Å². The zero-order chi connectivity index (χ0) is 17.2. The Morgan fingerprint density at radius 3 is 2.38 bits per heavy atom. The molecule has 4 fully saturated rings. The average molecular weight is 333 g/mol. The van der Waals surface area contributed by atoms with Gasteiger partial charge in [0.25, 0.3) is 0 Å². The molecule has 3 heterocycles. The second kappa shape index (κ2) is 5.55. The smallest absolute Gasteiger partial charge is 0.240 e. The van der Waals surface area contributed by atoms with Gasteiger partial charge in [-0.25, -0.2) is 0 Å². The largest absolute Gasteiger partial charge is 0.335 e. The lowest BCUT2D eigenvalue weighted by Gasteiger charge is -2.28. The third kappa shape index (κ3) is 2.15. The summed E-state index contributed by atoms with van der Waals surface area (Å²) in [5, 5.41) is 3.26. The highest BCUT2D eigenvalue weighted by Gasteiger charge is 2.59. The van der Waals surface area contributed by atoms with Gasteiger partial charge in [0.2, 0.25) is 17.7 Å². The summed E-state index contributed by atoms with van der Waals surface area (Å²) in [6.45, 7) is 7.56. The monoisotopic (exact) mass is 333 g/mol. The summed E-state index contributed by atoms with van der Waals surface area (Å²) in [5.74, 6) is 0.452. The van der Waals surface area contributed by atoms with Crippen molar-refractivity contribution in [3.05, 3.63) is 0 Å². The van der Waals surface area contributed by atoms with E-state index in [-0.39, 0.29) is 47.7 Å². The number of carbonyl (C=O) groups excluding carboxylic acids is 3. The first-order valence-corrected chi connectivity index (χ1v) is 9.34. The molecule has 6 nitrogen and oxygen atoms in total. The number of carbonyl (C=O) groups is 3. The van der Waals surface area contributed by atoms with Crippen LogP contribution in [0.2, 0.25) is 0 Å². The van der Waals surface area contributed by atoms with Crippen molar-refractivity contribution in [1.29, 1.82) is 0 Å². The number of hydrogen-bond acceptors (Lipinski definition) is 4. The fourth-order valence-electron chi connectivity index (χ4n) is 5.11. The molecule has 1 N–H and O–H groups in total. The highest BCUT2D eigenvalue weighted by atomic mass is 16.2. The van der Waals surface area contributed by atoms with Crippen molar-refractivity contribution in [2.45, 2.75) is 58.2 Å². The molecule has 3 saturated heterocycles. The molecule has 132 valence electrons. The van der Waals surface area contributed by atoms with Gasteiger partial charge in [0.1, 0.15) is 0 Å². The molecule has 0 spiro atoms. The van der Waals surface area contributed by atoms with E-state index in [2.05, 4.69) is 19.2 Å². The first-order valence-electron chi connectivity index (χ1n) is 9.34. The maximum atomic E-state index is 12.8. The lowest BCUT2D eigenvalue weighted by molar-refractivity contribution is -0.146. The van der Waals surface area contributed by atoms with E-state index in [0.29, 0.717) is 18.4 Å². The summed E-state index contributed by atoms with van der Waals surface area (Å²) in [4.78, 5) is 41.8. The molecule has 1 saturated carbocycles. The maximum Gasteiger partial charge on any atom is 0.240 e. The van der Waals surface area contributed by atoms with Crippen LogP contribution in [-0.4, -0.2) is 58.7 Å². The number of nitrogens with one attached hydrogen (secondary N) is 1. The zero-order valence-electron chi connectivity index (χ0n) is 14.7. The predicted octanol–water partition coefficient (Wildman–Crippen LogP) is 0.615. The van der Waals surface area contributed by atoms with Crippen LogP contribution in [0.15, 0.2) is 0 Å². The zero-order valence-corrected chi connectivity index (χ0v) is 14.7. The molecule has 24 heavy (non-hydrogen) atoms. The Labute approximate surface area is 142 Å². The Morgan fingerprint density at radius 1 is 1.08 bits per heavy atom. The Bertz CT molecular complexity index is 578. The minimum Gasteiger partial charge on any atom is -0.335 e. The van der Waals surface area contributed by atoms with E-state index in [4.69, 9.17) is 0 Å². The third-order valence-corrected chi connectivity index (χ3v) is 6.88. The van der Waals surface area contributed by atoms with Crippen LogP contribution >= 0.6 is 0 Å². The first-order chi connectivity index (χ1) is 11.4. The van der Waals surface area contributed by atoms with Crippen molar-refractivity contribution in [2.24, 2.45) is 23.7 Å². The Hall–Kier alpha value is -1.43. The van der Waals surface area contributed by atoms with Crippen LogP contribution in [0.4, 0.5) is 0 Å². The minimum absolute atomic E-state index is 0.00681. The highest BCUT2D eigenvalue weighted by molar-refractivity contribution is 6.01. The summed E-state index contributed by atoms with van der Waals surface area (Å²) in [6, 6.07) is -0.370. The molecule has 6 heteroatoms. The molecule has 0 aromatic heterocycles. The number of imide groups is 1. The van der Waals surface area contributed by atoms with Gasteiger partial charge in [0, 0.05) is 12.5 Å². The van der Waals surface area contributed by atoms with Crippen LogP contribution in [-0.2, 0) is 14.4 Å². The first kappa shape index (κ1) is 16.1. The number of fused-ring (bicyclic) bond motifs is 1. The quantitative estimate of drug-likeness (QED) is 0.752. The van der Waals surface area contributed by atoms with Crippen molar-refractivity contribution in [3.8, 4) is 0 Å². The van der Waals surface area contributed by atoms with Crippen LogP contribution in [0.1, 0.15) is 40.0 Å². The van der Waals surface area contributed by atoms with Gasteiger partial charge in [-0.1, -0.05) is 20.8 Å². The van der Waals surface area contributed by atoms with Crippen molar-refractivity contribution in [3.63, 3.8) is 0 Å². The second-order valence-corrected chi connectivity index (χ2v) is 8.11. The number of likely N-dealkylation sites (tertiary alicyclic amines) is 2. The third-order valence-electron chi connectivity index (χ3n) is 6.88. The van der Waals surface area contributed by atoms with E-state index in [1.807, 2.05) is 11.8 Å². The average Bonchev–Trinajstić information content (AvgIpc) is 3.06. The van der Waals surface area contributed by atoms with Crippen molar-refractivity contribution >= 4 is 17.7 Å². The Morgan fingerprint density at radius 2 is 1.79 bits per heavy atom. The normalized spacial score (nSPS) is 44.1. The predicted molar refractivity (Wildman–Crippen MR) is 87.8 cm³/mol. The lowest BCUT2D eigenvalue weighted by Crippen LogP contribution is -2.49. The summed E-state index contributed by atoms with van der Waals surface area (Å²) < 4.78 is 0. The molecule has 3 amide bonds.